The molecule has 0 aliphatic carbocycles. The van der Waals surface area contributed by atoms with Crippen LogP contribution in [0.4, 0.5) is 10.2 Å². The molecule has 24 heavy (non-hydrogen) atoms. The summed E-state index contributed by atoms with van der Waals surface area (Å²) in [5, 5.41) is 4.00. The second-order valence-electron chi connectivity index (χ2n) is 6.23. The summed E-state index contributed by atoms with van der Waals surface area (Å²) >= 11 is 3.20. The first-order valence-electron chi connectivity index (χ1n) is 8.37. The predicted molar refractivity (Wildman–Crippen MR) is 97.7 cm³/mol. The van der Waals surface area contributed by atoms with E-state index in [0.29, 0.717) is 16.4 Å². The van der Waals surface area contributed by atoms with E-state index in [1.165, 1.54) is 6.07 Å². The monoisotopic (exact) mass is 393 g/mol. The van der Waals surface area contributed by atoms with Crippen LogP contribution in [0.5, 0.6) is 0 Å². The number of aromatic nitrogens is 1. The first kappa shape index (κ1) is 17.1. The number of piperidine rings is 1. The van der Waals surface area contributed by atoms with Crippen LogP contribution in [0.1, 0.15) is 32.6 Å². The Labute approximate surface area is 149 Å². The number of pyridine rings is 1. The number of fused-ring (bicyclic) bond motifs is 1. The van der Waals surface area contributed by atoms with Gasteiger partial charge in [-0.05, 0) is 53.4 Å². The van der Waals surface area contributed by atoms with E-state index in [-0.39, 0.29) is 17.8 Å². The van der Waals surface area contributed by atoms with Crippen LogP contribution in [0.2, 0.25) is 0 Å². The van der Waals surface area contributed by atoms with Gasteiger partial charge in [-0.25, -0.2) is 9.37 Å². The summed E-state index contributed by atoms with van der Waals surface area (Å²) in [6.07, 6.45) is 3.42. The van der Waals surface area contributed by atoms with Gasteiger partial charge in [0, 0.05) is 37.0 Å². The Morgan fingerprint density at radius 3 is 3.08 bits per heavy atom. The summed E-state index contributed by atoms with van der Waals surface area (Å²) in [6, 6.07) is 7.26. The van der Waals surface area contributed by atoms with Crippen molar-refractivity contribution in [2.24, 2.45) is 0 Å². The second-order valence-corrected chi connectivity index (χ2v) is 7.09. The van der Waals surface area contributed by atoms with Crippen LogP contribution in [0.3, 0.4) is 0 Å². The number of halogens is 2. The molecular formula is C18H21BrFN3O. The highest BCUT2D eigenvalue weighted by Gasteiger charge is 2.22. The zero-order valence-corrected chi connectivity index (χ0v) is 15.3. The van der Waals surface area contributed by atoms with Crippen molar-refractivity contribution in [3.8, 4) is 0 Å². The van der Waals surface area contributed by atoms with E-state index in [2.05, 4.69) is 31.1 Å². The van der Waals surface area contributed by atoms with E-state index in [1.54, 1.807) is 6.07 Å². The van der Waals surface area contributed by atoms with E-state index in [1.807, 2.05) is 19.1 Å². The standard InChI is InChI=1S/C18H21BrFN3O/c1-2-4-18(24)21-13-5-3-8-23(11-13)17-7-6-12-9-14(19)15(20)10-16(12)22-17/h6-7,9-10,13H,2-5,8,11H2,1H3,(H,21,24). The van der Waals surface area contributed by atoms with Crippen LogP contribution < -0.4 is 10.2 Å². The fourth-order valence-electron chi connectivity index (χ4n) is 3.11. The molecule has 1 unspecified atom stereocenters. The minimum Gasteiger partial charge on any atom is -0.355 e. The fourth-order valence-corrected chi connectivity index (χ4v) is 3.47. The van der Waals surface area contributed by atoms with Gasteiger partial charge in [-0.2, -0.15) is 0 Å². The number of rotatable bonds is 4. The summed E-state index contributed by atoms with van der Waals surface area (Å²) in [6.45, 7) is 3.65. The van der Waals surface area contributed by atoms with Gasteiger partial charge in [0.1, 0.15) is 11.6 Å². The second kappa shape index (κ2) is 7.47. The highest BCUT2D eigenvalue weighted by atomic mass is 79.9. The third-order valence-corrected chi connectivity index (χ3v) is 4.91. The molecule has 1 aromatic heterocycles. The summed E-state index contributed by atoms with van der Waals surface area (Å²) in [4.78, 5) is 18.6. The molecule has 0 saturated carbocycles. The molecular weight excluding hydrogens is 373 g/mol. The predicted octanol–water partition coefficient (Wildman–Crippen LogP) is 4.02. The zero-order valence-electron chi connectivity index (χ0n) is 13.7. The van der Waals surface area contributed by atoms with Crippen molar-refractivity contribution in [1.82, 2.24) is 10.3 Å². The first-order chi connectivity index (χ1) is 11.6. The van der Waals surface area contributed by atoms with Gasteiger partial charge >= 0.3 is 0 Å². The molecule has 2 aromatic rings. The molecule has 1 aliphatic heterocycles. The molecule has 0 bridgehead atoms. The molecule has 1 saturated heterocycles. The maximum absolute atomic E-state index is 13.8. The van der Waals surface area contributed by atoms with Crippen LogP contribution in [-0.4, -0.2) is 30.0 Å². The molecule has 128 valence electrons. The van der Waals surface area contributed by atoms with Gasteiger partial charge < -0.3 is 10.2 Å². The topological polar surface area (TPSA) is 45.2 Å². The van der Waals surface area contributed by atoms with Gasteiger partial charge in [0.05, 0.1) is 9.99 Å². The molecule has 3 rings (SSSR count). The smallest absolute Gasteiger partial charge is 0.220 e. The maximum Gasteiger partial charge on any atom is 0.220 e. The number of nitrogens with zero attached hydrogens (tertiary/aromatic N) is 2. The molecule has 1 fully saturated rings. The lowest BCUT2D eigenvalue weighted by atomic mass is 10.1. The van der Waals surface area contributed by atoms with Gasteiger partial charge in [0.15, 0.2) is 0 Å². The lowest BCUT2D eigenvalue weighted by Gasteiger charge is -2.34. The first-order valence-corrected chi connectivity index (χ1v) is 9.16. The third-order valence-electron chi connectivity index (χ3n) is 4.30. The highest BCUT2D eigenvalue weighted by Crippen LogP contribution is 2.25. The van der Waals surface area contributed by atoms with E-state index in [9.17, 15) is 9.18 Å². The lowest BCUT2D eigenvalue weighted by molar-refractivity contribution is -0.121. The minimum absolute atomic E-state index is 0.114. The van der Waals surface area contributed by atoms with Gasteiger partial charge in [-0.3, -0.25) is 4.79 Å². The highest BCUT2D eigenvalue weighted by molar-refractivity contribution is 9.10. The Hall–Kier alpha value is -1.69. The number of nitrogens with one attached hydrogen (secondary N) is 1. The molecule has 1 aromatic carbocycles. The molecule has 4 nitrogen and oxygen atoms in total. The third kappa shape index (κ3) is 3.86. The zero-order chi connectivity index (χ0) is 17.1. The molecule has 0 radical (unpaired) electrons. The Morgan fingerprint density at radius 2 is 2.29 bits per heavy atom. The van der Waals surface area contributed by atoms with Crippen LogP contribution in [0.15, 0.2) is 28.7 Å². The molecule has 0 spiro atoms. The van der Waals surface area contributed by atoms with E-state index in [4.69, 9.17) is 0 Å². The molecule has 2 heterocycles. The lowest BCUT2D eigenvalue weighted by Crippen LogP contribution is -2.48. The average molecular weight is 394 g/mol. The van der Waals surface area contributed by atoms with Crippen molar-refractivity contribution in [1.29, 1.82) is 0 Å². The van der Waals surface area contributed by atoms with Crippen molar-refractivity contribution in [2.75, 3.05) is 18.0 Å². The van der Waals surface area contributed by atoms with Crippen molar-refractivity contribution >= 4 is 38.6 Å². The van der Waals surface area contributed by atoms with Crippen molar-refractivity contribution in [3.63, 3.8) is 0 Å². The van der Waals surface area contributed by atoms with Crippen LogP contribution in [0.25, 0.3) is 10.9 Å². The van der Waals surface area contributed by atoms with E-state index < -0.39 is 0 Å². The maximum atomic E-state index is 13.8. The molecule has 1 amide bonds. The minimum atomic E-state index is -0.310. The van der Waals surface area contributed by atoms with Gasteiger partial charge in [0.25, 0.3) is 0 Å². The Morgan fingerprint density at radius 1 is 1.46 bits per heavy atom. The van der Waals surface area contributed by atoms with Crippen molar-refractivity contribution in [2.45, 2.75) is 38.6 Å². The SMILES string of the molecule is CCCC(=O)NC1CCCN(c2ccc3cc(Br)c(F)cc3n2)C1. The Kier molecular flexibility index (Phi) is 5.33. The average Bonchev–Trinajstić information content (AvgIpc) is 2.56. The van der Waals surface area contributed by atoms with Crippen LogP contribution in [-0.2, 0) is 4.79 Å². The molecule has 1 aliphatic rings. The van der Waals surface area contributed by atoms with Crippen molar-refractivity contribution < 1.29 is 9.18 Å². The van der Waals surface area contributed by atoms with Crippen LogP contribution in [0, 0.1) is 5.82 Å². The quantitative estimate of drug-likeness (QED) is 0.852. The Bertz CT molecular complexity index is 752. The summed E-state index contributed by atoms with van der Waals surface area (Å²) in [5.41, 5.74) is 0.644. The molecule has 1 atom stereocenters. The number of benzene rings is 1. The van der Waals surface area contributed by atoms with Gasteiger partial charge in [-0.15, -0.1) is 0 Å². The van der Waals surface area contributed by atoms with Crippen molar-refractivity contribution in [3.05, 3.63) is 34.6 Å². The van der Waals surface area contributed by atoms with Gasteiger partial charge in [0.2, 0.25) is 5.91 Å². The fraction of sp³-hybridized carbons (Fsp3) is 0.444. The number of hydrogen-bond donors (Lipinski definition) is 1. The summed E-state index contributed by atoms with van der Waals surface area (Å²) in [5.74, 6) is 0.636. The van der Waals surface area contributed by atoms with E-state index >= 15 is 0 Å². The number of hydrogen-bond acceptors (Lipinski definition) is 3. The molecule has 1 N–H and O–H groups in total. The largest absolute Gasteiger partial charge is 0.355 e. The van der Waals surface area contributed by atoms with Gasteiger partial charge in [-0.1, -0.05) is 6.92 Å². The Balaban J connectivity index is 1.76. The number of anilines is 1. The normalized spacial score (nSPS) is 18.0. The number of amides is 1. The number of carbonyl (C=O) groups is 1. The number of carbonyl (C=O) groups excluding carboxylic acids is 1. The summed E-state index contributed by atoms with van der Waals surface area (Å²) < 4.78 is 14.2. The molecule has 6 heteroatoms. The van der Waals surface area contributed by atoms with Crippen LogP contribution >= 0.6 is 15.9 Å². The van der Waals surface area contributed by atoms with E-state index in [0.717, 1.165) is 43.6 Å². The summed E-state index contributed by atoms with van der Waals surface area (Å²) in [7, 11) is 0.